The first-order valence-corrected chi connectivity index (χ1v) is 7.90. The maximum Gasteiger partial charge on any atom is 0.276 e. The third-order valence-electron chi connectivity index (χ3n) is 4.10. The van der Waals surface area contributed by atoms with Crippen molar-refractivity contribution in [2.45, 2.75) is 38.2 Å². The maximum absolute atomic E-state index is 12.3. The van der Waals surface area contributed by atoms with E-state index in [-0.39, 0.29) is 16.3 Å². The van der Waals surface area contributed by atoms with Gasteiger partial charge in [0.05, 0.1) is 0 Å². The Balaban J connectivity index is 2.16. The van der Waals surface area contributed by atoms with Gasteiger partial charge in [0.25, 0.3) is 10.0 Å². The van der Waals surface area contributed by atoms with Crippen LogP contribution in [0.2, 0.25) is 0 Å². The number of aldehydes is 1. The number of nitrogens with zero attached hydrogens (tertiary/aromatic N) is 1. The Bertz CT molecular complexity index is 553. The monoisotopic (exact) mass is 285 g/mol. The fourth-order valence-corrected chi connectivity index (χ4v) is 3.64. The van der Waals surface area contributed by atoms with E-state index in [0.717, 1.165) is 19.3 Å². The number of carbonyl (C=O) groups excluding carboxylic acids is 1. The van der Waals surface area contributed by atoms with Gasteiger partial charge in [-0.2, -0.15) is 4.31 Å². The van der Waals surface area contributed by atoms with Crippen molar-refractivity contribution in [2.24, 2.45) is 5.41 Å². The Labute approximate surface area is 113 Å². The molecule has 1 aromatic rings. The summed E-state index contributed by atoms with van der Waals surface area (Å²) in [6.07, 6.45) is 3.26. The molecule has 0 bridgehead atoms. The van der Waals surface area contributed by atoms with Crippen molar-refractivity contribution in [1.82, 2.24) is 4.31 Å². The van der Waals surface area contributed by atoms with E-state index in [1.54, 1.807) is 0 Å². The van der Waals surface area contributed by atoms with Crippen molar-refractivity contribution in [3.63, 3.8) is 0 Å². The number of carbonyl (C=O) groups is 1. The van der Waals surface area contributed by atoms with Crippen LogP contribution in [-0.4, -0.2) is 32.1 Å². The zero-order valence-electron chi connectivity index (χ0n) is 11.3. The topological polar surface area (TPSA) is 67.6 Å². The van der Waals surface area contributed by atoms with Gasteiger partial charge in [-0.05, 0) is 30.4 Å². The summed E-state index contributed by atoms with van der Waals surface area (Å²) < 4.78 is 31.1. The average molecular weight is 285 g/mol. The number of hydrogen-bond acceptors (Lipinski definition) is 4. The van der Waals surface area contributed by atoms with E-state index in [4.69, 9.17) is 4.42 Å². The fourth-order valence-electron chi connectivity index (χ4n) is 2.28. The van der Waals surface area contributed by atoms with Gasteiger partial charge < -0.3 is 4.42 Å². The summed E-state index contributed by atoms with van der Waals surface area (Å²) in [5, 5.41) is -0.144. The second kappa shape index (κ2) is 5.09. The highest BCUT2D eigenvalue weighted by molar-refractivity contribution is 7.89. The number of sulfonamides is 1. The van der Waals surface area contributed by atoms with Gasteiger partial charge in [-0.15, -0.1) is 0 Å². The Kier molecular flexibility index (Phi) is 3.82. The van der Waals surface area contributed by atoms with Crippen molar-refractivity contribution in [3.8, 4) is 0 Å². The van der Waals surface area contributed by atoms with Crippen LogP contribution >= 0.6 is 0 Å². The van der Waals surface area contributed by atoms with E-state index in [1.165, 1.54) is 16.4 Å². The first-order chi connectivity index (χ1) is 8.91. The highest BCUT2D eigenvalue weighted by atomic mass is 32.2. The molecule has 6 heteroatoms. The third-order valence-corrected chi connectivity index (χ3v) is 5.87. The first-order valence-electron chi connectivity index (χ1n) is 6.46. The Morgan fingerprint density at radius 3 is 2.47 bits per heavy atom. The smallest absolute Gasteiger partial charge is 0.276 e. The molecule has 2 heterocycles. The van der Waals surface area contributed by atoms with E-state index in [0.29, 0.717) is 19.4 Å². The fraction of sp³-hybridized carbons (Fsp3) is 0.615. The summed E-state index contributed by atoms with van der Waals surface area (Å²) in [6, 6.07) is 2.71. The molecule has 1 aromatic heterocycles. The second-order valence-corrected chi connectivity index (χ2v) is 7.21. The van der Waals surface area contributed by atoms with Gasteiger partial charge in [0.15, 0.2) is 12.0 Å². The SMILES string of the molecule is CCC1(C)CCN(S(=O)(=O)c2ccc(C=O)o2)CC1. The van der Waals surface area contributed by atoms with Gasteiger partial charge >= 0.3 is 0 Å². The van der Waals surface area contributed by atoms with Crippen LogP contribution in [-0.2, 0) is 10.0 Å². The van der Waals surface area contributed by atoms with Crippen LogP contribution in [0.4, 0.5) is 0 Å². The Morgan fingerprint density at radius 1 is 1.37 bits per heavy atom. The molecule has 1 aliphatic heterocycles. The lowest BCUT2D eigenvalue weighted by Gasteiger charge is -2.37. The van der Waals surface area contributed by atoms with Crippen LogP contribution in [0.15, 0.2) is 21.6 Å². The van der Waals surface area contributed by atoms with Gasteiger partial charge in [-0.1, -0.05) is 20.3 Å². The molecule has 5 nitrogen and oxygen atoms in total. The van der Waals surface area contributed by atoms with Crippen molar-refractivity contribution in [3.05, 3.63) is 17.9 Å². The minimum Gasteiger partial charge on any atom is -0.440 e. The van der Waals surface area contributed by atoms with Crippen LogP contribution in [0.1, 0.15) is 43.7 Å². The van der Waals surface area contributed by atoms with Crippen molar-refractivity contribution in [1.29, 1.82) is 0 Å². The summed E-state index contributed by atoms with van der Waals surface area (Å²) in [6.45, 7) is 5.33. The number of furan rings is 1. The van der Waals surface area contributed by atoms with Crippen LogP contribution in [0.3, 0.4) is 0 Å². The number of rotatable bonds is 4. The lowest BCUT2D eigenvalue weighted by atomic mass is 9.79. The Hall–Kier alpha value is -1.14. The molecule has 0 saturated carbocycles. The molecule has 0 aliphatic carbocycles. The lowest BCUT2D eigenvalue weighted by Crippen LogP contribution is -2.41. The molecule has 0 unspecified atom stereocenters. The summed E-state index contributed by atoms with van der Waals surface area (Å²) in [4.78, 5) is 10.5. The normalized spacial score (nSPS) is 20.3. The highest BCUT2D eigenvalue weighted by Gasteiger charge is 2.35. The summed E-state index contributed by atoms with van der Waals surface area (Å²) in [5.41, 5.74) is 0.225. The predicted molar refractivity (Wildman–Crippen MR) is 70.5 cm³/mol. The molecule has 106 valence electrons. The second-order valence-electron chi connectivity index (χ2n) is 5.34. The van der Waals surface area contributed by atoms with E-state index in [2.05, 4.69) is 13.8 Å². The zero-order chi connectivity index (χ0) is 14.1. The summed E-state index contributed by atoms with van der Waals surface area (Å²) in [5.74, 6) is 0.0361. The Morgan fingerprint density at radius 2 is 2.00 bits per heavy atom. The molecule has 2 rings (SSSR count). The van der Waals surface area contributed by atoms with Crippen LogP contribution in [0.25, 0.3) is 0 Å². The van der Waals surface area contributed by atoms with Crippen LogP contribution in [0, 0.1) is 5.41 Å². The van der Waals surface area contributed by atoms with E-state index in [1.807, 2.05) is 0 Å². The third kappa shape index (κ3) is 2.74. The average Bonchev–Trinajstić information content (AvgIpc) is 2.89. The molecule has 1 aliphatic rings. The molecule has 1 fully saturated rings. The molecule has 0 N–H and O–H groups in total. The first kappa shape index (κ1) is 14.3. The maximum atomic E-state index is 12.3. The van der Waals surface area contributed by atoms with E-state index in [9.17, 15) is 13.2 Å². The van der Waals surface area contributed by atoms with E-state index < -0.39 is 10.0 Å². The predicted octanol–water partition coefficient (Wildman–Crippen LogP) is 2.29. The van der Waals surface area contributed by atoms with Gasteiger partial charge in [-0.25, -0.2) is 8.42 Å². The van der Waals surface area contributed by atoms with Crippen LogP contribution < -0.4 is 0 Å². The lowest BCUT2D eigenvalue weighted by molar-refractivity contribution is 0.109. The quantitative estimate of drug-likeness (QED) is 0.796. The van der Waals surface area contributed by atoms with Crippen molar-refractivity contribution >= 4 is 16.3 Å². The van der Waals surface area contributed by atoms with Crippen molar-refractivity contribution < 1.29 is 17.6 Å². The van der Waals surface area contributed by atoms with Gasteiger partial charge in [-0.3, -0.25) is 4.79 Å². The van der Waals surface area contributed by atoms with Gasteiger partial charge in [0.1, 0.15) is 0 Å². The van der Waals surface area contributed by atoms with Crippen LogP contribution in [0.5, 0.6) is 0 Å². The molecule has 0 atom stereocenters. The molecule has 19 heavy (non-hydrogen) atoms. The molecular weight excluding hydrogens is 266 g/mol. The highest BCUT2D eigenvalue weighted by Crippen LogP contribution is 2.35. The van der Waals surface area contributed by atoms with Gasteiger partial charge in [0, 0.05) is 13.1 Å². The van der Waals surface area contributed by atoms with Crippen molar-refractivity contribution in [2.75, 3.05) is 13.1 Å². The largest absolute Gasteiger partial charge is 0.440 e. The van der Waals surface area contributed by atoms with Gasteiger partial charge in [0.2, 0.25) is 5.09 Å². The number of hydrogen-bond donors (Lipinski definition) is 0. The molecule has 1 saturated heterocycles. The molecule has 0 spiro atoms. The molecule has 0 radical (unpaired) electrons. The van der Waals surface area contributed by atoms with E-state index >= 15 is 0 Å². The summed E-state index contributed by atoms with van der Waals surface area (Å²) >= 11 is 0. The minimum atomic E-state index is -3.60. The zero-order valence-corrected chi connectivity index (χ0v) is 12.1. The standard InChI is InChI=1S/C13H19NO4S/c1-3-13(2)6-8-14(9-7-13)19(16,17)12-5-4-11(10-15)18-12/h4-5,10H,3,6-9H2,1-2H3. The summed E-state index contributed by atoms with van der Waals surface area (Å²) in [7, 11) is -3.60. The molecular formula is C13H19NO4S. The molecule has 0 aromatic carbocycles. The molecule has 0 amide bonds. The minimum absolute atomic E-state index is 0.0361. The number of piperidine rings is 1.